The molecule has 0 N–H and O–H groups in total. The molecule has 5 nitrogen and oxygen atoms in total. The molecule has 57 heavy (non-hydrogen) atoms. The van der Waals surface area contributed by atoms with E-state index < -0.39 is 0 Å². The van der Waals surface area contributed by atoms with E-state index in [9.17, 15) is 0 Å². The Kier molecular flexibility index (Phi) is 7.03. The molecule has 6 heteroatoms. The molecule has 0 atom stereocenters. The summed E-state index contributed by atoms with van der Waals surface area (Å²) in [7, 11) is 0. The molecule has 12 aromatic rings. The van der Waals surface area contributed by atoms with Gasteiger partial charge < -0.3 is 4.42 Å². The minimum Gasteiger partial charge on any atom is -0.456 e. The quantitative estimate of drug-likeness (QED) is 0.176. The molecule has 0 radical (unpaired) electrons. The first kappa shape index (κ1) is 31.9. The van der Waals surface area contributed by atoms with Crippen molar-refractivity contribution < 1.29 is 4.42 Å². The van der Waals surface area contributed by atoms with Gasteiger partial charge in [-0.1, -0.05) is 140 Å². The van der Waals surface area contributed by atoms with Gasteiger partial charge in [-0.2, -0.15) is 9.97 Å². The van der Waals surface area contributed by atoms with E-state index in [1.807, 2.05) is 41.7 Å². The predicted octanol–water partition coefficient (Wildman–Crippen LogP) is 13.9. The fraction of sp³-hybridized carbons (Fsp3) is 0. The molecule has 0 amide bonds. The van der Waals surface area contributed by atoms with Crippen molar-refractivity contribution in [3.63, 3.8) is 0 Å². The fourth-order valence-corrected chi connectivity index (χ4v) is 9.65. The summed E-state index contributed by atoms with van der Waals surface area (Å²) >= 11 is 1.84. The van der Waals surface area contributed by atoms with Gasteiger partial charge in [0, 0.05) is 52.8 Å². The van der Waals surface area contributed by atoms with Gasteiger partial charge in [0.15, 0.2) is 11.6 Å². The number of nitrogens with zero attached hydrogens (tertiary/aromatic N) is 4. The zero-order chi connectivity index (χ0) is 37.5. The van der Waals surface area contributed by atoms with Gasteiger partial charge in [-0.25, -0.2) is 4.98 Å². The molecule has 0 bridgehead atoms. The van der Waals surface area contributed by atoms with Crippen LogP contribution in [0.15, 0.2) is 186 Å². The maximum atomic E-state index is 6.54. The Labute approximate surface area is 330 Å². The molecule has 4 heterocycles. The van der Waals surface area contributed by atoms with Gasteiger partial charge in [0.25, 0.3) is 0 Å². The fourth-order valence-electron chi connectivity index (χ4n) is 8.49. The molecule has 0 aliphatic carbocycles. The van der Waals surface area contributed by atoms with Gasteiger partial charge in [0.2, 0.25) is 5.95 Å². The topological polar surface area (TPSA) is 56.7 Å². The molecule has 266 valence electrons. The third kappa shape index (κ3) is 5.04. The van der Waals surface area contributed by atoms with Crippen molar-refractivity contribution in [1.82, 2.24) is 19.5 Å². The summed E-state index contributed by atoms with van der Waals surface area (Å²) in [5, 5.41) is 6.94. The van der Waals surface area contributed by atoms with Gasteiger partial charge in [0.1, 0.15) is 11.2 Å². The Hall–Kier alpha value is -7.41. The first-order valence-corrected chi connectivity index (χ1v) is 19.8. The third-order valence-electron chi connectivity index (χ3n) is 11.1. The highest BCUT2D eigenvalue weighted by molar-refractivity contribution is 7.26. The van der Waals surface area contributed by atoms with Gasteiger partial charge >= 0.3 is 0 Å². The van der Waals surface area contributed by atoms with E-state index >= 15 is 0 Å². The van der Waals surface area contributed by atoms with Crippen LogP contribution < -0.4 is 0 Å². The van der Waals surface area contributed by atoms with E-state index in [1.165, 1.54) is 31.3 Å². The minimum absolute atomic E-state index is 0.559. The maximum Gasteiger partial charge on any atom is 0.238 e. The van der Waals surface area contributed by atoms with Crippen LogP contribution in [-0.4, -0.2) is 19.5 Å². The maximum absolute atomic E-state index is 6.54. The van der Waals surface area contributed by atoms with Crippen LogP contribution >= 0.6 is 11.3 Å². The average Bonchev–Trinajstić information content (AvgIpc) is 3.95. The number of hydrogen-bond acceptors (Lipinski definition) is 5. The summed E-state index contributed by atoms with van der Waals surface area (Å²) in [6, 6.07) is 63.7. The number of fused-ring (bicyclic) bond motifs is 9. The Balaban J connectivity index is 1.11. The highest BCUT2D eigenvalue weighted by Gasteiger charge is 2.21. The van der Waals surface area contributed by atoms with Crippen molar-refractivity contribution in [2.75, 3.05) is 0 Å². The summed E-state index contributed by atoms with van der Waals surface area (Å²) in [6.07, 6.45) is 0. The Morgan fingerprint density at radius 1 is 0.386 bits per heavy atom. The number of furan rings is 1. The van der Waals surface area contributed by atoms with Crippen molar-refractivity contribution >= 4 is 75.3 Å². The molecule has 8 aromatic carbocycles. The SMILES string of the molecule is c1ccc(-c2nc(-c3ccc4c(c3)oc3cccc(-c5ccccc5)c34)nc(-n3c4ccccc4c4cc5sc6cccc(-c7ccccc7)c6c5cc43)n2)cc1. The lowest BCUT2D eigenvalue weighted by molar-refractivity contribution is 0.669. The van der Waals surface area contributed by atoms with Crippen LogP contribution in [0.1, 0.15) is 0 Å². The van der Waals surface area contributed by atoms with E-state index in [0.29, 0.717) is 17.6 Å². The van der Waals surface area contributed by atoms with E-state index in [1.54, 1.807) is 0 Å². The first-order chi connectivity index (χ1) is 28.2. The molecule has 0 aliphatic rings. The van der Waals surface area contributed by atoms with Gasteiger partial charge in [0.05, 0.1) is 11.0 Å². The molecule has 0 saturated heterocycles. The number of para-hydroxylation sites is 1. The third-order valence-corrected chi connectivity index (χ3v) is 12.2. The molecule has 0 fully saturated rings. The van der Waals surface area contributed by atoms with Crippen LogP contribution in [0.2, 0.25) is 0 Å². The molecule has 0 saturated carbocycles. The Morgan fingerprint density at radius 2 is 1.04 bits per heavy atom. The average molecular weight is 747 g/mol. The lowest BCUT2D eigenvalue weighted by atomic mass is 9.99. The predicted molar refractivity (Wildman–Crippen MR) is 236 cm³/mol. The Morgan fingerprint density at radius 3 is 1.79 bits per heavy atom. The van der Waals surface area contributed by atoms with Crippen molar-refractivity contribution in [1.29, 1.82) is 0 Å². The van der Waals surface area contributed by atoms with Crippen LogP contribution in [0.4, 0.5) is 0 Å². The van der Waals surface area contributed by atoms with Crippen molar-refractivity contribution in [3.05, 3.63) is 182 Å². The molecular formula is C51H30N4OS. The first-order valence-electron chi connectivity index (χ1n) is 19.0. The second-order valence-corrected chi connectivity index (χ2v) is 15.5. The lowest BCUT2D eigenvalue weighted by Crippen LogP contribution is -2.06. The second-order valence-electron chi connectivity index (χ2n) is 14.4. The highest BCUT2D eigenvalue weighted by Crippen LogP contribution is 2.44. The zero-order valence-corrected chi connectivity index (χ0v) is 31.2. The molecular weight excluding hydrogens is 717 g/mol. The molecule has 0 spiro atoms. The standard InChI is InChI=1S/C51H30N4OS/c1-4-14-31(15-5-1)35-21-12-24-43-47(35)38-27-26-34(28-44(38)56-43)50-52-49(33-18-8-3-9-19-33)53-51(54-50)55-41-23-11-10-20-37(41)39-30-46-40(29-42(39)55)48-36(22-13-25-45(48)57-46)32-16-6-2-7-17-32/h1-30H. The smallest absolute Gasteiger partial charge is 0.238 e. The molecule has 0 unspecified atom stereocenters. The van der Waals surface area contributed by atoms with Gasteiger partial charge in [-0.05, 0) is 64.7 Å². The summed E-state index contributed by atoms with van der Waals surface area (Å²) in [5.74, 6) is 1.73. The molecule has 4 aromatic heterocycles. The molecule has 0 aliphatic heterocycles. The van der Waals surface area contributed by atoms with Crippen LogP contribution in [0.25, 0.3) is 115 Å². The summed E-state index contributed by atoms with van der Waals surface area (Å²) in [6.45, 7) is 0. The van der Waals surface area contributed by atoms with Crippen LogP contribution in [0, 0.1) is 0 Å². The summed E-state index contributed by atoms with van der Waals surface area (Å²) < 4.78 is 11.3. The lowest BCUT2D eigenvalue weighted by Gasteiger charge is -2.11. The monoisotopic (exact) mass is 746 g/mol. The number of aromatic nitrogens is 4. The number of benzene rings is 8. The minimum atomic E-state index is 0.559. The van der Waals surface area contributed by atoms with E-state index in [-0.39, 0.29) is 0 Å². The highest BCUT2D eigenvalue weighted by atomic mass is 32.1. The number of hydrogen-bond donors (Lipinski definition) is 0. The summed E-state index contributed by atoms with van der Waals surface area (Å²) in [4.78, 5) is 15.6. The van der Waals surface area contributed by atoms with Crippen LogP contribution in [-0.2, 0) is 0 Å². The Bertz CT molecular complexity index is 3510. The largest absolute Gasteiger partial charge is 0.456 e. The van der Waals surface area contributed by atoms with Crippen molar-refractivity contribution in [2.24, 2.45) is 0 Å². The van der Waals surface area contributed by atoms with E-state index in [4.69, 9.17) is 19.4 Å². The number of thiophene rings is 1. The van der Waals surface area contributed by atoms with E-state index in [0.717, 1.165) is 66.0 Å². The number of rotatable bonds is 5. The van der Waals surface area contributed by atoms with Crippen molar-refractivity contribution in [2.45, 2.75) is 0 Å². The zero-order valence-electron chi connectivity index (χ0n) is 30.4. The normalized spacial score (nSPS) is 11.9. The summed E-state index contributed by atoms with van der Waals surface area (Å²) in [5.41, 5.74) is 10.2. The van der Waals surface area contributed by atoms with Gasteiger partial charge in [-0.15, -0.1) is 11.3 Å². The van der Waals surface area contributed by atoms with Crippen LogP contribution in [0.3, 0.4) is 0 Å². The molecule has 12 rings (SSSR count). The van der Waals surface area contributed by atoms with Gasteiger partial charge in [-0.3, -0.25) is 4.57 Å². The van der Waals surface area contributed by atoms with Crippen LogP contribution in [0.5, 0.6) is 0 Å². The van der Waals surface area contributed by atoms with Crippen molar-refractivity contribution in [3.8, 4) is 51.0 Å². The second kappa shape index (κ2) is 12.6. The van der Waals surface area contributed by atoms with E-state index in [2.05, 4.69) is 156 Å².